The summed E-state index contributed by atoms with van der Waals surface area (Å²) in [5.74, 6) is 0.913. The molecule has 3 unspecified atom stereocenters. The van der Waals surface area contributed by atoms with Gasteiger partial charge in [0.2, 0.25) is 6.41 Å². The first-order chi connectivity index (χ1) is 16.0. The van der Waals surface area contributed by atoms with Crippen LogP contribution in [0.1, 0.15) is 62.7 Å². The van der Waals surface area contributed by atoms with E-state index in [2.05, 4.69) is 77.1 Å². The van der Waals surface area contributed by atoms with Crippen LogP contribution >= 0.6 is 18.5 Å². The minimum atomic E-state index is -1.57. The van der Waals surface area contributed by atoms with Crippen LogP contribution in [-0.2, 0) is 15.7 Å². The first-order valence-corrected chi connectivity index (χ1v) is 13.2. The molecule has 186 valence electrons. The molecule has 9 heteroatoms. The Bertz CT molecular complexity index is 1020. The van der Waals surface area contributed by atoms with Crippen molar-refractivity contribution in [3.05, 3.63) is 41.6 Å². The molecule has 1 heterocycles. The Morgan fingerprint density at radius 1 is 1.24 bits per heavy atom. The summed E-state index contributed by atoms with van der Waals surface area (Å²) < 4.78 is 16.6. The zero-order valence-corrected chi connectivity index (χ0v) is 23.0. The summed E-state index contributed by atoms with van der Waals surface area (Å²) in [6, 6.07) is 10.9. The zero-order chi connectivity index (χ0) is 24.7. The number of likely N-dealkylation sites (N-methyl/N-ethyl adjacent to an activating group) is 1. The first kappa shape index (κ1) is 25.5. The van der Waals surface area contributed by atoms with E-state index in [1.165, 1.54) is 17.8 Å². The average Bonchev–Trinajstić information content (AvgIpc) is 3.50. The Morgan fingerprint density at radius 2 is 1.91 bits per heavy atom. The van der Waals surface area contributed by atoms with Gasteiger partial charge in [-0.05, 0) is 76.5 Å². The number of alkyl halides is 1. The highest BCUT2D eigenvalue weighted by atomic mass is 31.0. The Balaban J connectivity index is 1.59. The van der Waals surface area contributed by atoms with Gasteiger partial charge in [-0.25, -0.2) is 9.07 Å². The molecule has 6 nitrogen and oxygen atoms in total. The maximum Gasteiger partial charge on any atom is 0.207 e. The number of benzene rings is 1. The zero-order valence-electron chi connectivity index (χ0n) is 20.7. The van der Waals surface area contributed by atoms with E-state index < -0.39 is 5.41 Å². The number of aromatic nitrogens is 2. The smallest absolute Gasteiger partial charge is 0.207 e. The van der Waals surface area contributed by atoms with Crippen LogP contribution < -0.4 is 15.5 Å². The van der Waals surface area contributed by atoms with E-state index in [9.17, 15) is 9.18 Å². The van der Waals surface area contributed by atoms with Gasteiger partial charge in [0, 0.05) is 25.2 Å². The molecule has 1 aromatic heterocycles. The Labute approximate surface area is 207 Å². The largest absolute Gasteiger partial charge is 0.358 e. The molecule has 34 heavy (non-hydrogen) atoms. The van der Waals surface area contributed by atoms with E-state index in [1.54, 1.807) is 0 Å². The van der Waals surface area contributed by atoms with Crippen LogP contribution in [0.3, 0.4) is 0 Å². The fourth-order valence-electron chi connectivity index (χ4n) is 5.47. The summed E-state index contributed by atoms with van der Waals surface area (Å²) in [5, 5.41) is 7.40. The van der Waals surface area contributed by atoms with Crippen molar-refractivity contribution in [1.29, 1.82) is 0 Å². The number of nitrogens with zero attached hydrogens (tertiary/aromatic N) is 4. The predicted molar refractivity (Wildman–Crippen MR) is 143 cm³/mol. The maximum absolute atomic E-state index is 14.7. The minimum absolute atomic E-state index is 0.0718. The molecule has 0 aliphatic heterocycles. The van der Waals surface area contributed by atoms with Crippen molar-refractivity contribution in [2.45, 2.75) is 68.0 Å². The quantitative estimate of drug-likeness (QED) is 0.417. The number of hydrogen-bond acceptors (Lipinski definition) is 4. The van der Waals surface area contributed by atoms with Gasteiger partial charge < -0.3 is 10.2 Å². The predicted octanol–water partition coefficient (Wildman–Crippen LogP) is 3.69. The van der Waals surface area contributed by atoms with Gasteiger partial charge in [0.25, 0.3) is 0 Å². The Hall–Kier alpha value is -1.55. The summed E-state index contributed by atoms with van der Waals surface area (Å²) in [4.78, 5) is 16.2. The standard InChI is InChI=1S/C25H38FN5OP2/c1-23(26,34)21-15-22(31(28-21)19-8-9-19)30(4)16-24(27-17-32)10-12-25(13-11-24,29(2)3)18-6-5-7-20(33)14-18/h5-7,14-15,17,19H,8-13,16,33-34H2,1-4H3,(H,27,32). The molecule has 0 spiro atoms. The molecular weight excluding hydrogens is 467 g/mol. The first-order valence-electron chi connectivity index (χ1n) is 12.0. The molecule has 1 aromatic carbocycles. The van der Waals surface area contributed by atoms with Gasteiger partial charge in [-0.3, -0.25) is 9.69 Å². The van der Waals surface area contributed by atoms with Crippen LogP contribution in [0.25, 0.3) is 0 Å². The van der Waals surface area contributed by atoms with Crippen molar-refractivity contribution in [3.8, 4) is 0 Å². The highest BCUT2D eigenvalue weighted by Gasteiger charge is 2.46. The summed E-state index contributed by atoms with van der Waals surface area (Å²) in [7, 11) is 11.4. The molecule has 2 aromatic rings. The molecule has 1 amide bonds. The normalized spacial score (nSPS) is 26.8. The Kier molecular flexibility index (Phi) is 7.12. The lowest BCUT2D eigenvalue weighted by atomic mass is 9.68. The van der Waals surface area contributed by atoms with Crippen LogP contribution in [0.5, 0.6) is 0 Å². The lowest BCUT2D eigenvalue weighted by Gasteiger charge is -2.51. The van der Waals surface area contributed by atoms with E-state index in [-0.39, 0.29) is 11.1 Å². The number of amides is 1. The van der Waals surface area contributed by atoms with Gasteiger partial charge >= 0.3 is 0 Å². The van der Waals surface area contributed by atoms with E-state index in [1.807, 2.05) is 17.8 Å². The van der Waals surface area contributed by atoms with Gasteiger partial charge in [-0.1, -0.05) is 27.4 Å². The van der Waals surface area contributed by atoms with Crippen LogP contribution in [0.2, 0.25) is 0 Å². The molecule has 2 saturated carbocycles. The fourth-order valence-corrected chi connectivity index (χ4v) is 5.90. The monoisotopic (exact) mass is 505 g/mol. The second-order valence-corrected chi connectivity index (χ2v) is 12.3. The third-order valence-electron chi connectivity index (χ3n) is 7.72. The van der Waals surface area contributed by atoms with E-state index in [0.717, 1.165) is 50.8 Å². The molecule has 2 fully saturated rings. The molecule has 2 aliphatic rings. The highest BCUT2D eigenvalue weighted by molar-refractivity contribution is 7.27. The van der Waals surface area contributed by atoms with Crippen molar-refractivity contribution in [3.63, 3.8) is 0 Å². The summed E-state index contributed by atoms with van der Waals surface area (Å²) in [6.45, 7) is 2.17. The molecular formula is C25H38FN5OP2. The number of hydrogen-bond donors (Lipinski definition) is 1. The van der Waals surface area contributed by atoms with E-state index in [4.69, 9.17) is 0 Å². The highest BCUT2D eigenvalue weighted by Crippen LogP contribution is 2.46. The third-order valence-corrected chi connectivity index (χ3v) is 8.37. The van der Waals surface area contributed by atoms with Gasteiger partial charge in [0.15, 0.2) is 5.41 Å². The lowest BCUT2D eigenvalue weighted by molar-refractivity contribution is -0.112. The van der Waals surface area contributed by atoms with Crippen molar-refractivity contribution in [1.82, 2.24) is 20.0 Å². The second kappa shape index (κ2) is 9.48. The summed E-state index contributed by atoms with van der Waals surface area (Å²) in [5.41, 5.74) is 1.32. The second-order valence-electron chi connectivity index (χ2n) is 10.6. The lowest BCUT2D eigenvalue weighted by Crippen LogP contribution is -2.58. The van der Waals surface area contributed by atoms with Crippen LogP contribution in [0.4, 0.5) is 10.2 Å². The number of rotatable bonds is 9. The van der Waals surface area contributed by atoms with E-state index in [0.29, 0.717) is 18.3 Å². The van der Waals surface area contributed by atoms with Crippen molar-refractivity contribution >= 4 is 36.0 Å². The molecule has 3 atom stereocenters. The minimum Gasteiger partial charge on any atom is -0.358 e. The Morgan fingerprint density at radius 3 is 2.44 bits per heavy atom. The van der Waals surface area contributed by atoms with Gasteiger partial charge in [0.1, 0.15) is 11.5 Å². The molecule has 0 radical (unpaired) electrons. The molecule has 0 bridgehead atoms. The van der Waals surface area contributed by atoms with Crippen LogP contribution in [0, 0.1) is 0 Å². The molecule has 4 rings (SSSR count). The number of halogens is 1. The number of carbonyl (C=O) groups is 1. The van der Waals surface area contributed by atoms with Crippen LogP contribution in [-0.4, -0.2) is 54.3 Å². The topological polar surface area (TPSA) is 53.4 Å². The number of anilines is 1. The molecule has 1 N–H and O–H groups in total. The van der Waals surface area contributed by atoms with Gasteiger partial charge in [-0.15, -0.1) is 9.24 Å². The average molecular weight is 506 g/mol. The van der Waals surface area contributed by atoms with Crippen molar-refractivity contribution in [2.24, 2.45) is 0 Å². The van der Waals surface area contributed by atoms with Gasteiger partial charge in [-0.2, -0.15) is 5.10 Å². The SMILES string of the molecule is CN(CC1(NC=O)CCC(c2cccc(P)c2)(N(C)C)CC1)c1cc(C(C)(F)P)nn1C1CC1. The number of nitrogens with one attached hydrogen (secondary N) is 1. The molecule has 2 aliphatic carbocycles. The molecule has 0 saturated heterocycles. The summed E-state index contributed by atoms with van der Waals surface area (Å²) >= 11 is 0. The number of carbonyl (C=O) groups excluding carboxylic acids is 1. The fraction of sp³-hybridized carbons (Fsp3) is 0.600. The summed E-state index contributed by atoms with van der Waals surface area (Å²) in [6.07, 6.45) is 6.55. The van der Waals surface area contributed by atoms with Gasteiger partial charge in [0.05, 0.1) is 11.6 Å². The van der Waals surface area contributed by atoms with Crippen LogP contribution in [0.15, 0.2) is 30.3 Å². The third kappa shape index (κ3) is 5.03. The van der Waals surface area contributed by atoms with E-state index >= 15 is 0 Å². The maximum atomic E-state index is 14.7. The van der Waals surface area contributed by atoms with Crippen molar-refractivity contribution in [2.75, 3.05) is 32.6 Å². The van der Waals surface area contributed by atoms with Crippen molar-refractivity contribution < 1.29 is 9.18 Å².